The summed E-state index contributed by atoms with van der Waals surface area (Å²) >= 11 is 0. The lowest BCUT2D eigenvalue weighted by Crippen LogP contribution is -2.37. The zero-order valence-electron chi connectivity index (χ0n) is 16.7. The van der Waals surface area contributed by atoms with E-state index in [1.54, 1.807) is 24.3 Å². The molecule has 1 saturated heterocycles. The summed E-state index contributed by atoms with van der Waals surface area (Å²) in [5.41, 5.74) is 2.36. The number of carbonyl (C=O) groups excluding carboxylic acids is 1. The predicted molar refractivity (Wildman–Crippen MR) is 116 cm³/mol. The molecule has 1 N–H and O–H groups in total. The number of non-ortho nitro benzene ring substituents is 1. The van der Waals surface area contributed by atoms with Crippen molar-refractivity contribution in [2.45, 2.75) is 32.2 Å². The van der Waals surface area contributed by atoms with E-state index in [1.165, 1.54) is 31.4 Å². The van der Waals surface area contributed by atoms with E-state index in [9.17, 15) is 14.9 Å². The monoisotopic (exact) mass is 405 g/mol. The zero-order chi connectivity index (χ0) is 21.1. The minimum absolute atomic E-state index is 0.0296. The van der Waals surface area contributed by atoms with Crippen molar-refractivity contribution in [3.63, 3.8) is 0 Å². The summed E-state index contributed by atoms with van der Waals surface area (Å²) in [6.45, 7) is 3.30. The number of nitrogens with one attached hydrogen (secondary N) is 1. The maximum absolute atomic E-state index is 12.5. The normalized spacial score (nSPS) is 16.3. The quantitative estimate of drug-likeness (QED) is 0.448. The first-order chi connectivity index (χ1) is 14.5. The molecule has 0 unspecified atom stereocenters. The Morgan fingerprint density at radius 1 is 1.13 bits per heavy atom. The number of nitro groups is 1. The number of nitro benzene ring substituents is 1. The fraction of sp³-hybridized carbons (Fsp3) is 0.261. The highest BCUT2D eigenvalue weighted by Crippen LogP contribution is 2.28. The second kappa shape index (κ2) is 8.41. The Morgan fingerprint density at radius 3 is 2.67 bits per heavy atom. The highest BCUT2D eigenvalue weighted by Gasteiger charge is 2.19. The molecule has 0 saturated carbocycles. The van der Waals surface area contributed by atoms with E-state index in [0.29, 0.717) is 23.1 Å². The predicted octanol–water partition coefficient (Wildman–Crippen LogP) is 5.49. The fourth-order valence-corrected chi connectivity index (χ4v) is 3.80. The SMILES string of the molecule is C[C@H]1CCCCN1c1ccc(NC(=O)c2ccc(-c3cccc([N+](=O)[O-])c3)o2)cc1. The van der Waals surface area contributed by atoms with Crippen LogP contribution in [0.25, 0.3) is 11.3 Å². The standard InChI is InChI=1S/C23H23N3O4/c1-16-5-2-3-14-25(16)19-10-8-18(9-11-19)24-23(27)22-13-12-21(30-22)17-6-4-7-20(15-17)26(28)29/h4,6-13,15-16H,2-3,5,14H2,1H3,(H,24,27)/t16-/m0/s1. The minimum Gasteiger partial charge on any atom is -0.451 e. The Labute approximate surface area is 174 Å². The molecule has 1 aliphatic heterocycles. The molecule has 1 amide bonds. The van der Waals surface area contributed by atoms with Crippen LogP contribution < -0.4 is 10.2 Å². The number of benzene rings is 2. The zero-order valence-corrected chi connectivity index (χ0v) is 16.7. The van der Waals surface area contributed by atoms with E-state index < -0.39 is 4.92 Å². The average Bonchev–Trinajstić information content (AvgIpc) is 3.25. The summed E-state index contributed by atoms with van der Waals surface area (Å²) < 4.78 is 5.63. The van der Waals surface area contributed by atoms with Crippen molar-refractivity contribution in [3.05, 3.63) is 76.5 Å². The van der Waals surface area contributed by atoms with Crippen LogP contribution in [0.3, 0.4) is 0 Å². The fourth-order valence-electron chi connectivity index (χ4n) is 3.80. The first kappa shape index (κ1) is 19.7. The lowest BCUT2D eigenvalue weighted by molar-refractivity contribution is -0.384. The van der Waals surface area contributed by atoms with Gasteiger partial charge in [0.25, 0.3) is 11.6 Å². The van der Waals surface area contributed by atoms with E-state index in [-0.39, 0.29) is 17.4 Å². The molecule has 1 aliphatic rings. The number of anilines is 2. The second-order valence-electron chi connectivity index (χ2n) is 7.51. The molecule has 154 valence electrons. The first-order valence-electron chi connectivity index (χ1n) is 10.0. The van der Waals surface area contributed by atoms with Gasteiger partial charge in [-0.25, -0.2) is 0 Å². The van der Waals surface area contributed by atoms with Gasteiger partial charge in [-0.15, -0.1) is 0 Å². The van der Waals surface area contributed by atoms with Gasteiger partial charge in [-0.2, -0.15) is 0 Å². The number of amides is 1. The van der Waals surface area contributed by atoms with Crippen molar-refractivity contribution in [1.29, 1.82) is 0 Å². The van der Waals surface area contributed by atoms with Crippen LogP contribution in [0.15, 0.2) is 65.1 Å². The molecule has 3 aromatic rings. The Morgan fingerprint density at radius 2 is 1.93 bits per heavy atom. The third-order valence-corrected chi connectivity index (χ3v) is 5.43. The Hall–Kier alpha value is -3.61. The molecule has 7 nitrogen and oxygen atoms in total. The van der Waals surface area contributed by atoms with Crippen molar-refractivity contribution < 1.29 is 14.1 Å². The minimum atomic E-state index is -0.464. The van der Waals surface area contributed by atoms with E-state index in [2.05, 4.69) is 17.1 Å². The molecule has 1 aromatic heterocycles. The van der Waals surface area contributed by atoms with E-state index in [1.807, 2.05) is 24.3 Å². The third-order valence-electron chi connectivity index (χ3n) is 5.43. The van der Waals surface area contributed by atoms with Crippen LogP contribution in [-0.4, -0.2) is 23.4 Å². The van der Waals surface area contributed by atoms with Gasteiger partial charge in [0.15, 0.2) is 5.76 Å². The maximum Gasteiger partial charge on any atom is 0.291 e. The van der Waals surface area contributed by atoms with Crippen LogP contribution in [0.1, 0.15) is 36.7 Å². The molecule has 7 heteroatoms. The van der Waals surface area contributed by atoms with Crippen LogP contribution in [0.2, 0.25) is 0 Å². The Bertz CT molecular complexity index is 1060. The maximum atomic E-state index is 12.5. The average molecular weight is 405 g/mol. The summed E-state index contributed by atoms with van der Waals surface area (Å²) in [7, 11) is 0. The number of nitrogens with zero attached hydrogens (tertiary/aromatic N) is 2. The topological polar surface area (TPSA) is 88.6 Å². The van der Waals surface area contributed by atoms with Crippen LogP contribution in [0, 0.1) is 10.1 Å². The van der Waals surface area contributed by atoms with Gasteiger partial charge in [0.1, 0.15) is 5.76 Å². The van der Waals surface area contributed by atoms with E-state index >= 15 is 0 Å². The molecule has 0 bridgehead atoms. The van der Waals surface area contributed by atoms with Gasteiger partial charge in [0.05, 0.1) is 4.92 Å². The number of hydrogen-bond acceptors (Lipinski definition) is 5. The van der Waals surface area contributed by atoms with Crippen molar-refractivity contribution in [2.75, 3.05) is 16.8 Å². The molecule has 1 atom stereocenters. The lowest BCUT2D eigenvalue weighted by Gasteiger charge is -2.35. The number of carbonyl (C=O) groups is 1. The number of hydrogen-bond donors (Lipinski definition) is 1. The number of piperidine rings is 1. The van der Waals surface area contributed by atoms with Crippen LogP contribution >= 0.6 is 0 Å². The van der Waals surface area contributed by atoms with E-state index in [0.717, 1.165) is 12.2 Å². The van der Waals surface area contributed by atoms with Gasteiger partial charge >= 0.3 is 0 Å². The van der Waals surface area contributed by atoms with Crippen LogP contribution in [0.5, 0.6) is 0 Å². The Kier molecular flexibility index (Phi) is 5.52. The van der Waals surface area contributed by atoms with Crippen molar-refractivity contribution in [1.82, 2.24) is 0 Å². The summed E-state index contributed by atoms with van der Waals surface area (Å²) in [6.07, 6.45) is 3.67. The third kappa shape index (κ3) is 4.20. The van der Waals surface area contributed by atoms with Crippen molar-refractivity contribution in [2.24, 2.45) is 0 Å². The van der Waals surface area contributed by atoms with Crippen LogP contribution in [-0.2, 0) is 0 Å². The molecule has 4 rings (SSSR count). The van der Waals surface area contributed by atoms with Gasteiger partial charge < -0.3 is 14.6 Å². The highest BCUT2D eigenvalue weighted by atomic mass is 16.6. The number of rotatable bonds is 5. The van der Waals surface area contributed by atoms with Gasteiger partial charge in [-0.1, -0.05) is 12.1 Å². The largest absolute Gasteiger partial charge is 0.451 e. The summed E-state index contributed by atoms with van der Waals surface area (Å²) in [5, 5.41) is 13.8. The second-order valence-corrected chi connectivity index (χ2v) is 7.51. The molecule has 0 aliphatic carbocycles. The molecular weight excluding hydrogens is 382 g/mol. The number of furan rings is 1. The first-order valence-corrected chi connectivity index (χ1v) is 10.0. The summed E-state index contributed by atoms with van der Waals surface area (Å²) in [4.78, 5) is 25.4. The summed E-state index contributed by atoms with van der Waals surface area (Å²) in [5.74, 6) is 0.175. The van der Waals surface area contributed by atoms with E-state index in [4.69, 9.17) is 4.42 Å². The molecule has 2 aromatic carbocycles. The van der Waals surface area contributed by atoms with Gasteiger partial charge in [-0.05, 0) is 62.6 Å². The molecule has 1 fully saturated rings. The van der Waals surface area contributed by atoms with Crippen LogP contribution in [0.4, 0.5) is 17.1 Å². The van der Waals surface area contributed by atoms with Gasteiger partial charge in [0, 0.05) is 41.7 Å². The molecule has 30 heavy (non-hydrogen) atoms. The molecular formula is C23H23N3O4. The van der Waals surface area contributed by atoms with Crippen molar-refractivity contribution in [3.8, 4) is 11.3 Å². The Balaban J connectivity index is 1.44. The molecule has 2 heterocycles. The molecule has 0 spiro atoms. The highest BCUT2D eigenvalue weighted by molar-refractivity contribution is 6.02. The summed E-state index contributed by atoms with van der Waals surface area (Å²) in [6, 6.07) is 17.7. The lowest BCUT2D eigenvalue weighted by atomic mass is 10.0. The van der Waals surface area contributed by atoms with Crippen molar-refractivity contribution >= 4 is 23.0 Å². The van der Waals surface area contributed by atoms with Gasteiger partial charge in [-0.3, -0.25) is 14.9 Å². The molecule has 0 radical (unpaired) electrons. The van der Waals surface area contributed by atoms with Gasteiger partial charge in [0.2, 0.25) is 0 Å². The smallest absolute Gasteiger partial charge is 0.291 e.